The van der Waals surface area contributed by atoms with Crippen LogP contribution < -0.4 is 14.8 Å². The number of rotatable bonds is 5. The molecule has 6 heteroatoms. The van der Waals surface area contributed by atoms with E-state index in [9.17, 15) is 9.59 Å². The Hall–Kier alpha value is -2.24. The third kappa shape index (κ3) is 3.40. The number of carboxylic acids is 1. The Labute approximate surface area is 116 Å². The number of amides is 1. The van der Waals surface area contributed by atoms with Gasteiger partial charge in [0, 0.05) is 0 Å². The molecule has 1 aliphatic heterocycles. The largest absolute Gasteiger partial charge is 0.486 e. The van der Waals surface area contributed by atoms with Crippen LogP contribution in [0, 0.1) is 0 Å². The van der Waals surface area contributed by atoms with Crippen LogP contribution >= 0.6 is 0 Å². The molecule has 1 heterocycles. The summed E-state index contributed by atoms with van der Waals surface area (Å²) in [4.78, 5) is 22.7. The summed E-state index contributed by atoms with van der Waals surface area (Å²) in [6.45, 7) is 2.71. The van der Waals surface area contributed by atoms with Crippen LogP contribution in [0.1, 0.15) is 18.9 Å². The standard InChI is InChI=1S/C14H17NO5/c1-2-10(14(17)18)15-13(16)8-9-3-4-11-12(7-9)20-6-5-19-11/h3-4,7,10H,2,5-6,8H2,1H3,(H,15,16)(H,17,18)/t10-/m1/s1. The van der Waals surface area contributed by atoms with Crippen molar-refractivity contribution in [3.8, 4) is 11.5 Å². The molecule has 1 aliphatic rings. The molecule has 0 radical (unpaired) electrons. The summed E-state index contributed by atoms with van der Waals surface area (Å²) in [6.07, 6.45) is 0.461. The number of hydrogen-bond acceptors (Lipinski definition) is 4. The molecule has 2 N–H and O–H groups in total. The maximum atomic E-state index is 11.8. The first-order chi connectivity index (χ1) is 9.60. The zero-order chi connectivity index (χ0) is 14.5. The molecular formula is C14H17NO5. The monoisotopic (exact) mass is 279 g/mol. The lowest BCUT2D eigenvalue weighted by atomic mass is 10.1. The quantitative estimate of drug-likeness (QED) is 0.839. The average Bonchev–Trinajstić information content (AvgIpc) is 2.44. The number of fused-ring (bicyclic) bond motifs is 1. The van der Waals surface area contributed by atoms with Crippen LogP contribution in [0.15, 0.2) is 18.2 Å². The zero-order valence-corrected chi connectivity index (χ0v) is 11.2. The minimum Gasteiger partial charge on any atom is -0.486 e. The summed E-state index contributed by atoms with van der Waals surface area (Å²) < 4.78 is 10.8. The van der Waals surface area contributed by atoms with Crippen LogP contribution in [-0.2, 0) is 16.0 Å². The number of ether oxygens (including phenoxy) is 2. The second-order valence-corrected chi connectivity index (χ2v) is 4.52. The summed E-state index contributed by atoms with van der Waals surface area (Å²) in [7, 11) is 0. The fourth-order valence-corrected chi connectivity index (χ4v) is 1.97. The van der Waals surface area contributed by atoms with Gasteiger partial charge in [0.25, 0.3) is 0 Å². The van der Waals surface area contributed by atoms with Gasteiger partial charge in [-0.15, -0.1) is 0 Å². The third-order valence-corrected chi connectivity index (χ3v) is 3.01. The van der Waals surface area contributed by atoms with E-state index in [2.05, 4.69) is 5.32 Å². The highest BCUT2D eigenvalue weighted by Gasteiger charge is 2.18. The van der Waals surface area contributed by atoms with Gasteiger partial charge in [0.2, 0.25) is 5.91 Å². The molecule has 1 atom stereocenters. The SMILES string of the molecule is CC[C@@H](NC(=O)Cc1ccc2c(c1)OCCO2)C(=O)O. The highest BCUT2D eigenvalue weighted by molar-refractivity contribution is 5.84. The van der Waals surface area contributed by atoms with E-state index in [0.717, 1.165) is 5.56 Å². The molecule has 6 nitrogen and oxygen atoms in total. The van der Waals surface area contributed by atoms with E-state index in [1.807, 2.05) is 0 Å². The molecule has 108 valence electrons. The summed E-state index contributed by atoms with van der Waals surface area (Å²) in [5, 5.41) is 11.4. The molecule has 0 saturated carbocycles. The van der Waals surface area contributed by atoms with Crippen LogP contribution in [-0.4, -0.2) is 36.2 Å². The van der Waals surface area contributed by atoms with Gasteiger partial charge in [-0.3, -0.25) is 4.79 Å². The van der Waals surface area contributed by atoms with Crippen molar-refractivity contribution in [2.75, 3.05) is 13.2 Å². The van der Waals surface area contributed by atoms with Crippen molar-refractivity contribution in [1.29, 1.82) is 0 Å². The van der Waals surface area contributed by atoms with Crippen molar-refractivity contribution in [2.24, 2.45) is 0 Å². The maximum absolute atomic E-state index is 11.8. The van der Waals surface area contributed by atoms with Crippen LogP contribution in [0.4, 0.5) is 0 Å². The Morgan fingerprint density at radius 3 is 2.65 bits per heavy atom. The van der Waals surface area contributed by atoms with Gasteiger partial charge >= 0.3 is 5.97 Å². The number of aliphatic carboxylic acids is 1. The Morgan fingerprint density at radius 1 is 1.30 bits per heavy atom. The van der Waals surface area contributed by atoms with E-state index in [1.165, 1.54) is 0 Å². The predicted molar refractivity (Wildman–Crippen MR) is 71.0 cm³/mol. The number of benzene rings is 1. The lowest BCUT2D eigenvalue weighted by Crippen LogP contribution is -2.40. The van der Waals surface area contributed by atoms with E-state index in [0.29, 0.717) is 31.1 Å². The first kappa shape index (κ1) is 14.2. The van der Waals surface area contributed by atoms with Gasteiger partial charge in [-0.25, -0.2) is 4.79 Å². The second kappa shape index (κ2) is 6.27. The molecule has 0 spiro atoms. The topological polar surface area (TPSA) is 84.9 Å². The normalized spacial score (nSPS) is 14.4. The summed E-state index contributed by atoms with van der Waals surface area (Å²) in [5.41, 5.74) is 0.756. The van der Waals surface area contributed by atoms with Gasteiger partial charge in [-0.1, -0.05) is 13.0 Å². The highest BCUT2D eigenvalue weighted by Crippen LogP contribution is 2.30. The lowest BCUT2D eigenvalue weighted by molar-refractivity contribution is -0.141. The van der Waals surface area contributed by atoms with Crippen molar-refractivity contribution >= 4 is 11.9 Å². The van der Waals surface area contributed by atoms with Gasteiger partial charge in [0.15, 0.2) is 11.5 Å². The first-order valence-corrected chi connectivity index (χ1v) is 6.51. The maximum Gasteiger partial charge on any atom is 0.326 e. The van der Waals surface area contributed by atoms with Crippen molar-refractivity contribution in [3.63, 3.8) is 0 Å². The first-order valence-electron chi connectivity index (χ1n) is 6.51. The van der Waals surface area contributed by atoms with Crippen molar-refractivity contribution in [1.82, 2.24) is 5.32 Å². The zero-order valence-electron chi connectivity index (χ0n) is 11.2. The average molecular weight is 279 g/mol. The van der Waals surface area contributed by atoms with Crippen LogP contribution in [0.25, 0.3) is 0 Å². The van der Waals surface area contributed by atoms with E-state index in [1.54, 1.807) is 25.1 Å². The van der Waals surface area contributed by atoms with Gasteiger partial charge in [0.1, 0.15) is 19.3 Å². The van der Waals surface area contributed by atoms with Crippen LogP contribution in [0.5, 0.6) is 11.5 Å². The molecule has 1 aromatic rings. The lowest BCUT2D eigenvalue weighted by Gasteiger charge is -2.19. The molecule has 0 aromatic heterocycles. The van der Waals surface area contributed by atoms with E-state index < -0.39 is 12.0 Å². The number of nitrogens with one attached hydrogen (secondary N) is 1. The highest BCUT2D eigenvalue weighted by atomic mass is 16.6. The molecule has 20 heavy (non-hydrogen) atoms. The van der Waals surface area contributed by atoms with E-state index in [4.69, 9.17) is 14.6 Å². The smallest absolute Gasteiger partial charge is 0.326 e. The third-order valence-electron chi connectivity index (χ3n) is 3.01. The van der Waals surface area contributed by atoms with Crippen molar-refractivity contribution in [2.45, 2.75) is 25.8 Å². The Kier molecular flexibility index (Phi) is 4.45. The molecule has 1 aromatic carbocycles. The summed E-state index contributed by atoms with van der Waals surface area (Å²) in [5.74, 6) is -0.0665. The van der Waals surface area contributed by atoms with Crippen LogP contribution in [0.3, 0.4) is 0 Å². The Bertz CT molecular complexity index is 514. The summed E-state index contributed by atoms with van der Waals surface area (Å²) >= 11 is 0. The molecule has 0 unspecified atom stereocenters. The number of carbonyl (C=O) groups excluding carboxylic acids is 1. The van der Waals surface area contributed by atoms with Gasteiger partial charge < -0.3 is 19.9 Å². The molecule has 0 saturated heterocycles. The molecule has 0 aliphatic carbocycles. The van der Waals surface area contributed by atoms with E-state index >= 15 is 0 Å². The van der Waals surface area contributed by atoms with Crippen molar-refractivity contribution < 1.29 is 24.2 Å². The molecule has 0 fully saturated rings. The Balaban J connectivity index is 1.99. The molecular weight excluding hydrogens is 262 g/mol. The molecule has 2 rings (SSSR count). The summed E-state index contributed by atoms with van der Waals surface area (Å²) in [6, 6.07) is 4.43. The minimum absolute atomic E-state index is 0.112. The number of carbonyl (C=O) groups is 2. The van der Waals surface area contributed by atoms with Gasteiger partial charge in [-0.2, -0.15) is 0 Å². The minimum atomic E-state index is -1.02. The van der Waals surface area contributed by atoms with E-state index in [-0.39, 0.29) is 12.3 Å². The molecule has 1 amide bonds. The predicted octanol–water partition coefficient (Wildman–Crippen LogP) is 0.980. The number of carboxylic acid groups (broad SMARTS) is 1. The van der Waals surface area contributed by atoms with Crippen molar-refractivity contribution in [3.05, 3.63) is 23.8 Å². The molecule has 0 bridgehead atoms. The van der Waals surface area contributed by atoms with Gasteiger partial charge in [0.05, 0.1) is 6.42 Å². The van der Waals surface area contributed by atoms with Gasteiger partial charge in [-0.05, 0) is 24.1 Å². The fraction of sp³-hybridized carbons (Fsp3) is 0.429. The second-order valence-electron chi connectivity index (χ2n) is 4.52. The fourth-order valence-electron chi connectivity index (χ4n) is 1.97. The van der Waals surface area contributed by atoms with Crippen LogP contribution in [0.2, 0.25) is 0 Å². The Morgan fingerprint density at radius 2 is 2.00 bits per heavy atom. The number of hydrogen-bond donors (Lipinski definition) is 2.